The second-order valence-electron chi connectivity index (χ2n) is 9.26. The van der Waals surface area contributed by atoms with E-state index in [1.54, 1.807) is 6.08 Å². The number of aliphatic hydroxyl groups excluding tert-OH is 3. The fourth-order valence-electron chi connectivity index (χ4n) is 4.09. The zero-order valence-electron chi connectivity index (χ0n) is 19.5. The Bertz CT molecular complexity index is 712. The highest BCUT2D eigenvalue weighted by molar-refractivity contribution is 5.69. The van der Waals surface area contributed by atoms with Gasteiger partial charge in [0.2, 0.25) is 0 Å². The van der Waals surface area contributed by atoms with E-state index in [4.69, 9.17) is 4.74 Å². The summed E-state index contributed by atoms with van der Waals surface area (Å²) in [5.74, 6) is -0.0571. The summed E-state index contributed by atoms with van der Waals surface area (Å²) in [6.45, 7) is 4.49. The van der Waals surface area contributed by atoms with Crippen molar-refractivity contribution in [3.8, 4) is 0 Å². The largest absolute Gasteiger partial charge is 0.465 e. The van der Waals surface area contributed by atoms with Crippen LogP contribution in [0.15, 0.2) is 54.6 Å². The summed E-state index contributed by atoms with van der Waals surface area (Å²) < 4.78 is 5.17. The van der Waals surface area contributed by atoms with Gasteiger partial charge in [0.05, 0.1) is 24.9 Å². The number of unbranched alkanes of at least 4 members (excludes halogenated alkanes) is 1. The van der Waals surface area contributed by atoms with Crippen molar-refractivity contribution in [2.75, 3.05) is 6.61 Å². The Balaban J connectivity index is 1.74. The predicted octanol–water partition coefficient (Wildman–Crippen LogP) is 4.21. The summed E-state index contributed by atoms with van der Waals surface area (Å²) in [4.78, 5) is 11.6. The van der Waals surface area contributed by atoms with Gasteiger partial charge in [-0.05, 0) is 49.5 Å². The molecular weight excluding hydrogens is 404 g/mol. The highest BCUT2D eigenvalue weighted by Crippen LogP contribution is 2.36. The van der Waals surface area contributed by atoms with Crippen molar-refractivity contribution in [1.29, 1.82) is 0 Å². The van der Waals surface area contributed by atoms with Crippen LogP contribution in [0.3, 0.4) is 0 Å². The Hall–Kier alpha value is -1.95. The lowest BCUT2D eigenvalue weighted by Crippen LogP contribution is -2.20. The molecule has 0 bridgehead atoms. The van der Waals surface area contributed by atoms with E-state index in [0.717, 1.165) is 19.3 Å². The molecule has 0 spiro atoms. The number of rotatable bonds is 13. The lowest BCUT2D eigenvalue weighted by molar-refractivity contribution is -0.144. The van der Waals surface area contributed by atoms with E-state index in [-0.39, 0.29) is 17.8 Å². The molecule has 0 aliphatic heterocycles. The number of hydrogen-bond acceptors (Lipinski definition) is 5. The maximum Gasteiger partial charge on any atom is 0.305 e. The monoisotopic (exact) mass is 444 g/mol. The number of hydrogen-bond donors (Lipinski definition) is 3. The number of aliphatic hydroxyl groups is 3. The number of carbonyl (C=O) groups excluding carboxylic acids is 1. The first kappa shape index (κ1) is 26.3. The molecule has 0 unspecified atom stereocenters. The van der Waals surface area contributed by atoms with E-state index < -0.39 is 18.3 Å². The molecule has 1 aromatic carbocycles. The Morgan fingerprint density at radius 2 is 1.91 bits per heavy atom. The number of esters is 1. The van der Waals surface area contributed by atoms with E-state index in [1.807, 2.05) is 62.4 Å². The molecule has 5 atom stereocenters. The quantitative estimate of drug-likeness (QED) is 0.241. The van der Waals surface area contributed by atoms with Gasteiger partial charge in [0.1, 0.15) is 0 Å². The molecule has 0 aromatic heterocycles. The third kappa shape index (κ3) is 9.68. The fourth-order valence-corrected chi connectivity index (χ4v) is 4.09. The SMILES string of the molecule is CC(C)COC(=O)CCC/C=C\C[C@@H]1[C@@H](/C=C/[C@@H](O)CCc2ccccc2)[C@H](O)C[C@@H]1O. The molecule has 1 aliphatic carbocycles. The number of aryl methyl sites for hydroxylation is 1. The first-order valence-corrected chi connectivity index (χ1v) is 11.9. The predicted molar refractivity (Wildman–Crippen MR) is 127 cm³/mol. The van der Waals surface area contributed by atoms with E-state index in [0.29, 0.717) is 38.2 Å². The maximum atomic E-state index is 11.6. The van der Waals surface area contributed by atoms with Crippen molar-refractivity contribution < 1.29 is 24.9 Å². The highest BCUT2D eigenvalue weighted by Gasteiger charge is 2.39. The normalized spacial score (nSPS) is 24.6. The van der Waals surface area contributed by atoms with Crippen molar-refractivity contribution >= 4 is 5.97 Å². The van der Waals surface area contributed by atoms with Gasteiger partial charge in [-0.2, -0.15) is 0 Å². The van der Waals surface area contributed by atoms with Crippen LogP contribution in [0.4, 0.5) is 0 Å². The van der Waals surface area contributed by atoms with Crippen LogP contribution in [0, 0.1) is 17.8 Å². The smallest absolute Gasteiger partial charge is 0.305 e. The van der Waals surface area contributed by atoms with Crippen LogP contribution in [0.2, 0.25) is 0 Å². The van der Waals surface area contributed by atoms with Crippen molar-refractivity contribution in [3.63, 3.8) is 0 Å². The minimum atomic E-state index is -0.600. The molecular formula is C27H40O5. The number of allylic oxidation sites excluding steroid dienone is 2. The molecule has 0 heterocycles. The van der Waals surface area contributed by atoms with Gasteiger partial charge < -0.3 is 20.1 Å². The van der Waals surface area contributed by atoms with Crippen LogP contribution < -0.4 is 0 Å². The average Bonchev–Trinajstić information content (AvgIpc) is 3.04. The van der Waals surface area contributed by atoms with Crippen LogP contribution in [0.25, 0.3) is 0 Å². The maximum absolute atomic E-state index is 11.6. The van der Waals surface area contributed by atoms with Crippen molar-refractivity contribution in [2.24, 2.45) is 17.8 Å². The lowest BCUT2D eigenvalue weighted by atomic mass is 9.89. The molecule has 1 aromatic rings. The molecule has 178 valence electrons. The summed E-state index contributed by atoms with van der Waals surface area (Å²) >= 11 is 0. The molecule has 5 nitrogen and oxygen atoms in total. The zero-order chi connectivity index (χ0) is 23.3. The Morgan fingerprint density at radius 1 is 1.16 bits per heavy atom. The molecule has 0 saturated heterocycles. The molecule has 32 heavy (non-hydrogen) atoms. The molecule has 5 heteroatoms. The van der Waals surface area contributed by atoms with Crippen molar-refractivity contribution in [3.05, 3.63) is 60.2 Å². The summed E-state index contributed by atoms with van der Waals surface area (Å²) in [5.41, 5.74) is 1.19. The van der Waals surface area contributed by atoms with Gasteiger partial charge in [0.25, 0.3) is 0 Å². The van der Waals surface area contributed by atoms with Gasteiger partial charge in [-0.25, -0.2) is 0 Å². The molecule has 2 rings (SSSR count). The Labute approximate surface area is 192 Å². The second-order valence-corrected chi connectivity index (χ2v) is 9.26. The van der Waals surface area contributed by atoms with E-state index in [1.165, 1.54) is 5.56 Å². The minimum Gasteiger partial charge on any atom is -0.465 e. The third-order valence-electron chi connectivity index (χ3n) is 5.95. The van der Waals surface area contributed by atoms with Crippen molar-refractivity contribution in [1.82, 2.24) is 0 Å². The molecule has 1 fully saturated rings. The van der Waals surface area contributed by atoms with Gasteiger partial charge in [0.15, 0.2) is 0 Å². The first-order valence-electron chi connectivity index (χ1n) is 11.9. The zero-order valence-corrected chi connectivity index (χ0v) is 19.5. The highest BCUT2D eigenvalue weighted by atomic mass is 16.5. The molecule has 0 amide bonds. The van der Waals surface area contributed by atoms with Crippen LogP contribution in [-0.4, -0.2) is 46.2 Å². The third-order valence-corrected chi connectivity index (χ3v) is 5.95. The summed E-state index contributed by atoms with van der Waals surface area (Å²) in [6.07, 6.45) is 10.3. The Kier molecular flexibility index (Phi) is 11.7. The van der Waals surface area contributed by atoms with Gasteiger partial charge in [-0.1, -0.05) is 68.5 Å². The minimum absolute atomic E-state index is 0.0742. The summed E-state index contributed by atoms with van der Waals surface area (Å²) in [6, 6.07) is 10.0. The second kappa shape index (κ2) is 14.2. The Morgan fingerprint density at radius 3 is 2.62 bits per heavy atom. The molecule has 1 saturated carbocycles. The van der Waals surface area contributed by atoms with Crippen molar-refractivity contribution in [2.45, 2.75) is 77.1 Å². The first-order chi connectivity index (χ1) is 15.4. The molecule has 3 N–H and O–H groups in total. The van der Waals surface area contributed by atoms with Gasteiger partial charge in [-0.15, -0.1) is 0 Å². The number of ether oxygens (including phenoxy) is 1. The number of benzene rings is 1. The van der Waals surface area contributed by atoms with Crippen LogP contribution >= 0.6 is 0 Å². The number of carbonyl (C=O) groups is 1. The summed E-state index contributed by atoms with van der Waals surface area (Å²) in [7, 11) is 0. The van der Waals surface area contributed by atoms with Gasteiger partial charge in [0, 0.05) is 18.8 Å². The van der Waals surface area contributed by atoms with Crippen LogP contribution in [0.5, 0.6) is 0 Å². The lowest BCUT2D eigenvalue weighted by Gasteiger charge is -2.19. The van der Waals surface area contributed by atoms with E-state index >= 15 is 0 Å². The van der Waals surface area contributed by atoms with Crippen LogP contribution in [-0.2, 0) is 16.0 Å². The standard InChI is InChI=1S/C27H40O5/c1-20(2)19-32-27(31)13-9-4-3-8-12-23-24(26(30)18-25(23)29)17-16-22(28)15-14-21-10-6-5-7-11-21/h3,5-8,10-11,16-17,20,22-26,28-30H,4,9,12-15,18-19H2,1-2H3/b8-3-,17-16+/t22-,23+,24+,25-,26+/m0/s1. The molecule has 1 aliphatic rings. The van der Waals surface area contributed by atoms with Gasteiger partial charge >= 0.3 is 5.97 Å². The van der Waals surface area contributed by atoms with Gasteiger partial charge in [-0.3, -0.25) is 4.79 Å². The fraction of sp³-hybridized carbons (Fsp3) is 0.593. The van der Waals surface area contributed by atoms with E-state index in [2.05, 4.69) is 0 Å². The van der Waals surface area contributed by atoms with Crippen LogP contribution in [0.1, 0.15) is 57.9 Å². The molecule has 0 radical (unpaired) electrons. The van der Waals surface area contributed by atoms with E-state index in [9.17, 15) is 20.1 Å². The topological polar surface area (TPSA) is 87.0 Å². The average molecular weight is 445 g/mol. The summed E-state index contributed by atoms with van der Waals surface area (Å²) in [5, 5.41) is 31.1.